The number of rotatable bonds is 4. The van der Waals surface area contributed by atoms with E-state index in [0.717, 1.165) is 55.0 Å². The lowest BCUT2D eigenvalue weighted by atomic mass is 9.84. The maximum absolute atomic E-state index is 6.26. The van der Waals surface area contributed by atoms with Crippen molar-refractivity contribution in [2.75, 3.05) is 0 Å². The zero-order valence-corrected chi connectivity index (χ0v) is 30.3. The number of furan rings is 2. The van der Waals surface area contributed by atoms with Crippen LogP contribution in [0.3, 0.4) is 0 Å². The molecule has 2 nitrogen and oxygen atoms in total. The average Bonchev–Trinajstić information content (AvgIpc) is 3.83. The number of para-hydroxylation sites is 2. The third-order valence-electron chi connectivity index (χ3n) is 11.7. The molecule has 0 aliphatic heterocycles. The third kappa shape index (κ3) is 4.63. The first kappa shape index (κ1) is 31.0. The zero-order valence-electron chi connectivity index (χ0n) is 30.3. The first-order valence-electron chi connectivity index (χ1n) is 19.2. The highest BCUT2D eigenvalue weighted by atomic mass is 16.3. The summed E-state index contributed by atoms with van der Waals surface area (Å²) in [6.45, 7) is 0. The summed E-state index contributed by atoms with van der Waals surface area (Å²) in [4.78, 5) is 0. The van der Waals surface area contributed by atoms with Crippen LogP contribution in [0.5, 0.6) is 0 Å². The number of hydrogen-bond donors (Lipinski definition) is 0. The molecule has 0 saturated heterocycles. The van der Waals surface area contributed by atoms with Crippen molar-refractivity contribution in [1.82, 2.24) is 0 Å². The van der Waals surface area contributed by atoms with Gasteiger partial charge in [-0.25, -0.2) is 0 Å². The van der Waals surface area contributed by atoms with Crippen LogP contribution in [-0.2, 0) is 0 Å². The van der Waals surface area contributed by atoms with Gasteiger partial charge in [0.25, 0.3) is 0 Å². The number of benzene rings is 10. The largest absolute Gasteiger partial charge is 0.456 e. The second-order valence-electron chi connectivity index (χ2n) is 14.7. The van der Waals surface area contributed by atoms with Gasteiger partial charge < -0.3 is 8.83 Å². The minimum absolute atomic E-state index is 0.899. The molecule has 0 aliphatic rings. The van der Waals surface area contributed by atoms with Gasteiger partial charge in [-0.15, -0.1) is 0 Å². The van der Waals surface area contributed by atoms with Gasteiger partial charge in [0.2, 0.25) is 0 Å². The van der Waals surface area contributed by atoms with Crippen LogP contribution in [0.15, 0.2) is 203 Å². The Morgan fingerprint density at radius 3 is 1.21 bits per heavy atom. The van der Waals surface area contributed by atoms with Crippen LogP contribution in [0.2, 0.25) is 0 Å². The van der Waals surface area contributed by atoms with Crippen LogP contribution in [-0.4, -0.2) is 0 Å². The fourth-order valence-electron chi connectivity index (χ4n) is 9.13. The predicted octanol–water partition coefficient (Wildman–Crippen LogP) is 15.6. The molecule has 0 amide bonds. The summed E-state index contributed by atoms with van der Waals surface area (Å²) >= 11 is 0. The van der Waals surface area contributed by atoms with Crippen molar-refractivity contribution >= 4 is 76.2 Å². The molecular weight excluding hydrogens is 681 g/mol. The molecule has 0 atom stereocenters. The minimum atomic E-state index is 0.899. The van der Waals surface area contributed by atoms with Crippen LogP contribution < -0.4 is 0 Å². The van der Waals surface area contributed by atoms with E-state index in [-0.39, 0.29) is 0 Å². The first-order valence-corrected chi connectivity index (χ1v) is 19.2. The molecule has 10 aromatic carbocycles. The topological polar surface area (TPSA) is 26.3 Å². The van der Waals surface area contributed by atoms with Crippen LogP contribution >= 0.6 is 0 Å². The predicted molar refractivity (Wildman–Crippen MR) is 235 cm³/mol. The van der Waals surface area contributed by atoms with Crippen LogP contribution in [0, 0.1) is 0 Å². The molecule has 12 aromatic rings. The average molecular weight is 713 g/mol. The molecule has 2 heteroatoms. The van der Waals surface area contributed by atoms with Crippen LogP contribution in [0.1, 0.15) is 0 Å². The van der Waals surface area contributed by atoms with E-state index >= 15 is 0 Å². The van der Waals surface area contributed by atoms with Crippen molar-refractivity contribution in [2.24, 2.45) is 0 Å². The Balaban J connectivity index is 1.18. The van der Waals surface area contributed by atoms with E-state index in [1.54, 1.807) is 0 Å². The standard InChI is InChI=1S/C54H32O2/c1-2-12-33(13-3-1)38-26-27-45(40-15-5-4-14-39(38)40)54-43-20-10-18-36(34-24-28-52-48(30-34)41-16-6-8-22-50(41)55-52)46(43)32-47-37(19-11-21-44(47)54)35-25-29-53-49(31-35)42-17-7-9-23-51(42)56-53/h1-32H. The molecule has 12 rings (SSSR count). The lowest BCUT2D eigenvalue weighted by molar-refractivity contribution is 0.668. The molecule has 0 saturated carbocycles. The first-order chi connectivity index (χ1) is 27.8. The highest BCUT2D eigenvalue weighted by Crippen LogP contribution is 2.47. The van der Waals surface area contributed by atoms with Gasteiger partial charge in [0.1, 0.15) is 22.3 Å². The Labute approximate surface area is 322 Å². The third-order valence-corrected chi connectivity index (χ3v) is 11.7. The molecule has 56 heavy (non-hydrogen) atoms. The molecule has 2 heterocycles. The van der Waals surface area contributed by atoms with Crippen molar-refractivity contribution < 1.29 is 8.83 Å². The fraction of sp³-hybridized carbons (Fsp3) is 0. The van der Waals surface area contributed by atoms with Gasteiger partial charge in [-0.2, -0.15) is 0 Å². The second kappa shape index (κ2) is 12.0. The maximum Gasteiger partial charge on any atom is 0.135 e. The molecule has 0 bridgehead atoms. The van der Waals surface area contributed by atoms with E-state index in [0.29, 0.717) is 0 Å². The van der Waals surface area contributed by atoms with Gasteiger partial charge in [-0.3, -0.25) is 0 Å². The quantitative estimate of drug-likeness (QED) is 0.170. The number of hydrogen-bond acceptors (Lipinski definition) is 2. The van der Waals surface area contributed by atoms with Crippen LogP contribution in [0.4, 0.5) is 0 Å². The van der Waals surface area contributed by atoms with E-state index in [1.807, 2.05) is 24.3 Å². The molecular formula is C54H32O2. The van der Waals surface area contributed by atoms with Gasteiger partial charge in [0.15, 0.2) is 0 Å². The molecule has 2 aromatic heterocycles. The Morgan fingerprint density at radius 2 is 0.643 bits per heavy atom. The smallest absolute Gasteiger partial charge is 0.135 e. The highest BCUT2D eigenvalue weighted by molar-refractivity contribution is 6.23. The summed E-state index contributed by atoms with van der Waals surface area (Å²) < 4.78 is 12.5. The summed E-state index contributed by atoms with van der Waals surface area (Å²) in [5.41, 5.74) is 13.2. The maximum atomic E-state index is 6.26. The highest BCUT2D eigenvalue weighted by Gasteiger charge is 2.20. The van der Waals surface area contributed by atoms with E-state index < -0.39 is 0 Å². The Kier molecular flexibility index (Phi) is 6.66. The molecule has 0 radical (unpaired) electrons. The zero-order chi connectivity index (χ0) is 36.7. The summed E-state index contributed by atoms with van der Waals surface area (Å²) in [7, 11) is 0. The van der Waals surface area contributed by atoms with Crippen molar-refractivity contribution in [2.45, 2.75) is 0 Å². The van der Waals surface area contributed by atoms with Crippen molar-refractivity contribution in [3.05, 3.63) is 194 Å². The lowest BCUT2D eigenvalue weighted by Gasteiger charge is -2.19. The molecule has 260 valence electrons. The SMILES string of the molecule is c1ccc(-c2ccc(-c3c4cccc(-c5ccc6oc7ccccc7c6c5)c4cc4c(-c5ccc6oc7ccccc7c6c5)cccc34)c3ccccc23)cc1. The van der Waals surface area contributed by atoms with Gasteiger partial charge in [-0.05, 0) is 119 Å². The van der Waals surface area contributed by atoms with E-state index in [4.69, 9.17) is 8.83 Å². The van der Waals surface area contributed by atoms with Crippen molar-refractivity contribution in [3.63, 3.8) is 0 Å². The summed E-state index contributed by atoms with van der Waals surface area (Å²) in [6, 6.07) is 70.1. The molecule has 0 fully saturated rings. The normalized spacial score (nSPS) is 11.9. The number of fused-ring (bicyclic) bond motifs is 9. The van der Waals surface area contributed by atoms with Gasteiger partial charge in [0, 0.05) is 21.5 Å². The monoisotopic (exact) mass is 712 g/mol. The summed E-state index contributed by atoms with van der Waals surface area (Å²) in [5.74, 6) is 0. The summed E-state index contributed by atoms with van der Waals surface area (Å²) in [6.07, 6.45) is 0. The molecule has 0 aliphatic carbocycles. The Hall–Kier alpha value is -7.42. The minimum Gasteiger partial charge on any atom is -0.456 e. The summed E-state index contributed by atoms with van der Waals surface area (Å²) in [5, 5.41) is 11.8. The van der Waals surface area contributed by atoms with E-state index in [1.165, 1.54) is 65.7 Å². The van der Waals surface area contributed by atoms with E-state index in [9.17, 15) is 0 Å². The molecule has 0 spiro atoms. The van der Waals surface area contributed by atoms with Crippen LogP contribution in [0.25, 0.3) is 121 Å². The molecule has 0 unspecified atom stereocenters. The lowest BCUT2D eigenvalue weighted by Crippen LogP contribution is -1.92. The van der Waals surface area contributed by atoms with Crippen molar-refractivity contribution in [1.29, 1.82) is 0 Å². The second-order valence-corrected chi connectivity index (χ2v) is 14.7. The van der Waals surface area contributed by atoms with Crippen molar-refractivity contribution in [3.8, 4) is 44.5 Å². The fourth-order valence-corrected chi connectivity index (χ4v) is 9.13. The Bertz CT molecular complexity index is 3360. The van der Waals surface area contributed by atoms with E-state index in [2.05, 4.69) is 170 Å². The Morgan fingerprint density at radius 1 is 0.214 bits per heavy atom. The van der Waals surface area contributed by atoms with Gasteiger partial charge in [-0.1, -0.05) is 152 Å². The van der Waals surface area contributed by atoms with Gasteiger partial charge >= 0.3 is 0 Å². The molecule has 0 N–H and O–H groups in total. The van der Waals surface area contributed by atoms with Gasteiger partial charge in [0.05, 0.1) is 0 Å².